The molecular weight excluding hydrogens is 186 g/mol. The fourth-order valence-electron chi connectivity index (χ4n) is 0.821. The van der Waals surface area contributed by atoms with Gasteiger partial charge >= 0.3 is 0 Å². The van der Waals surface area contributed by atoms with Gasteiger partial charge in [-0.15, -0.1) is 0 Å². The van der Waals surface area contributed by atoms with Gasteiger partial charge in [0.2, 0.25) is 0 Å². The second kappa shape index (κ2) is 4.21. The van der Waals surface area contributed by atoms with Gasteiger partial charge in [-0.2, -0.15) is 5.10 Å². The number of rotatable bonds is 4. The van der Waals surface area contributed by atoms with Crippen molar-refractivity contribution >= 4 is 5.69 Å². The molecule has 6 heteroatoms. The minimum atomic E-state index is -1.21. The maximum Gasteiger partial charge on any atom is 0.266 e. The van der Waals surface area contributed by atoms with Crippen molar-refractivity contribution in [1.82, 2.24) is 10.2 Å². The topological polar surface area (TPSA) is 98.2 Å². The minimum Gasteiger partial charge on any atom is -0.393 e. The Morgan fingerprint density at radius 3 is 3.00 bits per heavy atom. The third kappa shape index (κ3) is 3.15. The molecule has 0 aliphatic heterocycles. The number of nitrogens with zero attached hydrogens (tertiary/aromatic N) is 1. The van der Waals surface area contributed by atoms with Gasteiger partial charge in [0.05, 0.1) is 18.5 Å². The molecule has 4 N–H and O–H groups in total. The summed E-state index contributed by atoms with van der Waals surface area (Å²) in [6.07, 6.45) is 1.43. The van der Waals surface area contributed by atoms with Crippen LogP contribution in [-0.2, 0) is 0 Å². The van der Waals surface area contributed by atoms with Crippen LogP contribution in [0.15, 0.2) is 17.1 Å². The van der Waals surface area contributed by atoms with Crippen LogP contribution in [0.2, 0.25) is 0 Å². The first kappa shape index (κ1) is 10.7. The van der Waals surface area contributed by atoms with Crippen molar-refractivity contribution in [3.05, 3.63) is 22.6 Å². The molecule has 1 aromatic rings. The average molecular weight is 199 g/mol. The summed E-state index contributed by atoms with van der Waals surface area (Å²) in [7, 11) is 0. The average Bonchev–Trinajstić information content (AvgIpc) is 2.15. The van der Waals surface area contributed by atoms with Crippen molar-refractivity contribution in [3.8, 4) is 0 Å². The molecule has 1 unspecified atom stereocenters. The van der Waals surface area contributed by atoms with E-state index in [4.69, 9.17) is 5.11 Å². The second-order valence-corrected chi connectivity index (χ2v) is 3.34. The molecule has 78 valence electrons. The van der Waals surface area contributed by atoms with Gasteiger partial charge in [0.25, 0.3) is 5.56 Å². The van der Waals surface area contributed by atoms with E-state index in [-0.39, 0.29) is 18.7 Å². The molecule has 0 amide bonds. The Kier molecular flexibility index (Phi) is 3.21. The first-order chi connectivity index (χ1) is 6.53. The molecule has 0 saturated heterocycles. The zero-order valence-electron chi connectivity index (χ0n) is 7.82. The summed E-state index contributed by atoms with van der Waals surface area (Å²) in [4.78, 5) is 10.8. The molecule has 14 heavy (non-hydrogen) atoms. The molecular formula is C8H13N3O3. The summed E-state index contributed by atoms with van der Waals surface area (Å²) in [5.41, 5.74) is -1.02. The smallest absolute Gasteiger partial charge is 0.266 e. The first-order valence-corrected chi connectivity index (χ1v) is 4.15. The lowest BCUT2D eigenvalue weighted by atomic mass is 10.1. The van der Waals surface area contributed by atoms with E-state index in [1.165, 1.54) is 19.2 Å². The largest absolute Gasteiger partial charge is 0.393 e. The highest BCUT2D eigenvalue weighted by Crippen LogP contribution is 2.05. The number of aromatic nitrogens is 2. The van der Waals surface area contributed by atoms with Crippen LogP contribution in [0.3, 0.4) is 0 Å². The number of aromatic amines is 1. The van der Waals surface area contributed by atoms with Crippen molar-refractivity contribution in [2.24, 2.45) is 0 Å². The third-order valence-electron chi connectivity index (χ3n) is 1.68. The van der Waals surface area contributed by atoms with E-state index in [0.29, 0.717) is 5.69 Å². The standard InChI is InChI=1S/C8H13N3O3/c1-8(14,5-12)4-9-6-2-7(13)11-10-3-6/h2-3,12,14H,4-5H2,1H3,(H2,9,11,13). The van der Waals surface area contributed by atoms with Gasteiger partial charge in [0.1, 0.15) is 5.60 Å². The van der Waals surface area contributed by atoms with Crippen molar-refractivity contribution in [1.29, 1.82) is 0 Å². The molecule has 1 atom stereocenters. The monoisotopic (exact) mass is 199 g/mol. The van der Waals surface area contributed by atoms with Crippen molar-refractivity contribution in [2.75, 3.05) is 18.5 Å². The van der Waals surface area contributed by atoms with Gasteiger partial charge in [0, 0.05) is 12.6 Å². The zero-order chi connectivity index (χ0) is 10.6. The molecule has 0 radical (unpaired) electrons. The number of nitrogens with one attached hydrogen (secondary N) is 2. The summed E-state index contributed by atoms with van der Waals surface area (Å²) in [5, 5.41) is 26.8. The number of hydrogen-bond donors (Lipinski definition) is 4. The summed E-state index contributed by atoms with van der Waals surface area (Å²) in [6.45, 7) is 1.28. The molecule has 6 nitrogen and oxygen atoms in total. The SMILES string of the molecule is CC(O)(CO)CNc1cn[nH]c(=O)c1. The highest BCUT2D eigenvalue weighted by Gasteiger charge is 2.18. The van der Waals surface area contributed by atoms with E-state index in [1.807, 2.05) is 0 Å². The highest BCUT2D eigenvalue weighted by atomic mass is 16.3. The number of hydrogen-bond acceptors (Lipinski definition) is 5. The number of aliphatic hydroxyl groups is 2. The maximum atomic E-state index is 10.8. The molecule has 0 saturated carbocycles. The normalized spacial score (nSPS) is 14.8. The van der Waals surface area contributed by atoms with Crippen LogP contribution in [0.5, 0.6) is 0 Å². The van der Waals surface area contributed by atoms with Crippen molar-refractivity contribution in [2.45, 2.75) is 12.5 Å². The van der Waals surface area contributed by atoms with Crippen molar-refractivity contribution < 1.29 is 10.2 Å². The van der Waals surface area contributed by atoms with Crippen LogP contribution < -0.4 is 10.9 Å². The summed E-state index contributed by atoms with van der Waals surface area (Å²) < 4.78 is 0. The van der Waals surface area contributed by atoms with Crippen LogP contribution >= 0.6 is 0 Å². The number of anilines is 1. The number of H-pyrrole nitrogens is 1. The van der Waals surface area contributed by atoms with Crippen LogP contribution in [0.25, 0.3) is 0 Å². The van der Waals surface area contributed by atoms with E-state index in [9.17, 15) is 9.90 Å². The van der Waals surface area contributed by atoms with Crippen LogP contribution in [0, 0.1) is 0 Å². The van der Waals surface area contributed by atoms with E-state index >= 15 is 0 Å². The van der Waals surface area contributed by atoms with E-state index in [0.717, 1.165) is 0 Å². The lowest BCUT2D eigenvalue weighted by Gasteiger charge is -2.20. The summed E-state index contributed by atoms with van der Waals surface area (Å²) in [6, 6.07) is 1.32. The van der Waals surface area contributed by atoms with Crippen molar-refractivity contribution in [3.63, 3.8) is 0 Å². The molecule has 0 spiro atoms. The van der Waals surface area contributed by atoms with Crippen LogP contribution in [-0.4, -0.2) is 39.2 Å². The van der Waals surface area contributed by atoms with Crippen LogP contribution in [0.1, 0.15) is 6.92 Å². The molecule has 0 aliphatic rings. The Morgan fingerprint density at radius 1 is 1.71 bits per heavy atom. The summed E-state index contributed by atoms with van der Waals surface area (Å²) >= 11 is 0. The van der Waals surface area contributed by atoms with Crippen LogP contribution in [0.4, 0.5) is 5.69 Å². The molecule has 0 fully saturated rings. The van der Waals surface area contributed by atoms with Gasteiger partial charge in [-0.3, -0.25) is 4.79 Å². The third-order valence-corrected chi connectivity index (χ3v) is 1.68. The molecule has 1 rings (SSSR count). The predicted molar refractivity (Wildman–Crippen MR) is 51.1 cm³/mol. The predicted octanol–water partition coefficient (Wildman–Crippen LogP) is -1.07. The first-order valence-electron chi connectivity index (χ1n) is 4.15. The lowest BCUT2D eigenvalue weighted by Crippen LogP contribution is -2.37. The Balaban J connectivity index is 2.58. The lowest BCUT2D eigenvalue weighted by molar-refractivity contribution is 0.0132. The Morgan fingerprint density at radius 2 is 2.43 bits per heavy atom. The summed E-state index contributed by atoms with van der Waals surface area (Å²) in [5.74, 6) is 0. The van der Waals surface area contributed by atoms with Gasteiger partial charge < -0.3 is 15.5 Å². The van der Waals surface area contributed by atoms with Gasteiger partial charge in [-0.05, 0) is 6.92 Å². The second-order valence-electron chi connectivity index (χ2n) is 3.34. The van der Waals surface area contributed by atoms with Gasteiger partial charge in [0.15, 0.2) is 0 Å². The maximum absolute atomic E-state index is 10.8. The Labute approximate surface area is 80.6 Å². The molecule has 1 heterocycles. The minimum absolute atomic E-state index is 0.147. The van der Waals surface area contributed by atoms with Gasteiger partial charge in [-0.25, -0.2) is 5.10 Å². The molecule has 0 aromatic carbocycles. The molecule has 0 bridgehead atoms. The van der Waals surface area contributed by atoms with Gasteiger partial charge in [-0.1, -0.05) is 0 Å². The number of aliphatic hydroxyl groups excluding tert-OH is 1. The molecule has 0 aliphatic carbocycles. The molecule has 1 aromatic heterocycles. The zero-order valence-corrected chi connectivity index (χ0v) is 7.82. The Hall–Kier alpha value is -1.40. The van der Waals surface area contributed by atoms with E-state index < -0.39 is 5.60 Å². The van der Waals surface area contributed by atoms with E-state index in [1.54, 1.807) is 0 Å². The fourth-order valence-corrected chi connectivity index (χ4v) is 0.821. The Bertz CT molecular complexity index is 348. The fraction of sp³-hybridized carbons (Fsp3) is 0.500. The highest BCUT2D eigenvalue weighted by molar-refractivity contribution is 5.38. The quantitative estimate of drug-likeness (QED) is 0.494. The van der Waals surface area contributed by atoms with E-state index in [2.05, 4.69) is 15.5 Å².